The molecule has 4 heteroatoms. The van der Waals surface area contributed by atoms with Crippen molar-refractivity contribution in [2.24, 2.45) is 0 Å². The zero-order valence-corrected chi connectivity index (χ0v) is 9.76. The second-order valence-corrected chi connectivity index (χ2v) is 4.47. The van der Waals surface area contributed by atoms with Gasteiger partial charge in [-0.25, -0.2) is 0 Å². The van der Waals surface area contributed by atoms with E-state index in [9.17, 15) is 4.79 Å². The summed E-state index contributed by atoms with van der Waals surface area (Å²) in [7, 11) is 0. The molecule has 1 fully saturated rings. The fourth-order valence-corrected chi connectivity index (χ4v) is 1.66. The van der Waals surface area contributed by atoms with Gasteiger partial charge in [0.1, 0.15) is 0 Å². The van der Waals surface area contributed by atoms with E-state index in [1.165, 1.54) is 12.8 Å². The summed E-state index contributed by atoms with van der Waals surface area (Å²) in [6.45, 7) is 0.747. The SMILES string of the molecule is O=C(CCNC1CC1)Nc1cccc(Cl)c1. The van der Waals surface area contributed by atoms with Crippen molar-refractivity contribution in [3.05, 3.63) is 29.3 Å². The number of hydrogen-bond donors (Lipinski definition) is 2. The fraction of sp³-hybridized carbons (Fsp3) is 0.417. The molecule has 1 aromatic carbocycles. The van der Waals surface area contributed by atoms with Gasteiger partial charge >= 0.3 is 0 Å². The predicted molar refractivity (Wildman–Crippen MR) is 65.7 cm³/mol. The maximum absolute atomic E-state index is 11.5. The Kier molecular flexibility index (Phi) is 3.80. The molecular formula is C12H15ClN2O. The standard InChI is InChI=1S/C12H15ClN2O/c13-9-2-1-3-11(8-9)15-12(16)6-7-14-10-4-5-10/h1-3,8,10,14H,4-7H2,(H,15,16). The molecule has 0 bridgehead atoms. The predicted octanol–water partition coefficient (Wildman–Crippen LogP) is 2.42. The van der Waals surface area contributed by atoms with Gasteiger partial charge in [-0.15, -0.1) is 0 Å². The molecule has 2 rings (SSSR count). The Bertz CT molecular complexity index is 377. The van der Waals surface area contributed by atoms with Crippen molar-refractivity contribution in [2.45, 2.75) is 25.3 Å². The normalized spacial score (nSPS) is 14.8. The van der Waals surface area contributed by atoms with Crippen LogP contribution in [0.25, 0.3) is 0 Å². The van der Waals surface area contributed by atoms with Crippen molar-refractivity contribution in [3.63, 3.8) is 0 Å². The van der Waals surface area contributed by atoms with Crippen molar-refractivity contribution in [1.29, 1.82) is 0 Å². The highest BCUT2D eigenvalue weighted by molar-refractivity contribution is 6.30. The Balaban J connectivity index is 1.73. The van der Waals surface area contributed by atoms with Crippen molar-refractivity contribution < 1.29 is 4.79 Å². The number of carbonyl (C=O) groups is 1. The van der Waals surface area contributed by atoms with E-state index in [-0.39, 0.29) is 5.91 Å². The van der Waals surface area contributed by atoms with E-state index in [0.717, 1.165) is 12.2 Å². The molecule has 0 aromatic heterocycles. The zero-order chi connectivity index (χ0) is 11.4. The van der Waals surface area contributed by atoms with Gasteiger partial charge in [0, 0.05) is 29.7 Å². The van der Waals surface area contributed by atoms with Crippen LogP contribution in [0.2, 0.25) is 5.02 Å². The zero-order valence-electron chi connectivity index (χ0n) is 9.00. The van der Waals surface area contributed by atoms with Crippen LogP contribution in [0.15, 0.2) is 24.3 Å². The summed E-state index contributed by atoms with van der Waals surface area (Å²) in [5.74, 6) is 0.0235. The highest BCUT2D eigenvalue weighted by Gasteiger charge is 2.19. The van der Waals surface area contributed by atoms with Crippen LogP contribution in [-0.2, 0) is 4.79 Å². The van der Waals surface area contributed by atoms with Gasteiger partial charge in [0.2, 0.25) is 5.91 Å². The lowest BCUT2D eigenvalue weighted by Crippen LogP contribution is -2.23. The quantitative estimate of drug-likeness (QED) is 0.827. The van der Waals surface area contributed by atoms with Crippen LogP contribution in [0, 0.1) is 0 Å². The van der Waals surface area contributed by atoms with Crippen LogP contribution < -0.4 is 10.6 Å². The first kappa shape index (κ1) is 11.4. The minimum atomic E-state index is 0.0235. The Morgan fingerprint density at radius 2 is 2.25 bits per heavy atom. The molecule has 2 N–H and O–H groups in total. The number of nitrogens with one attached hydrogen (secondary N) is 2. The van der Waals surface area contributed by atoms with Crippen molar-refractivity contribution >= 4 is 23.2 Å². The van der Waals surface area contributed by atoms with Gasteiger partial charge in [-0.1, -0.05) is 17.7 Å². The average molecular weight is 239 g/mol. The van der Waals surface area contributed by atoms with Crippen molar-refractivity contribution in [2.75, 3.05) is 11.9 Å². The maximum Gasteiger partial charge on any atom is 0.225 e. The van der Waals surface area contributed by atoms with E-state index in [1.807, 2.05) is 12.1 Å². The first-order valence-electron chi connectivity index (χ1n) is 5.53. The summed E-state index contributed by atoms with van der Waals surface area (Å²) >= 11 is 5.82. The van der Waals surface area contributed by atoms with Crippen LogP contribution >= 0.6 is 11.6 Å². The smallest absolute Gasteiger partial charge is 0.225 e. The molecule has 1 aliphatic carbocycles. The van der Waals surface area contributed by atoms with E-state index in [1.54, 1.807) is 12.1 Å². The summed E-state index contributed by atoms with van der Waals surface area (Å²) < 4.78 is 0. The molecule has 0 radical (unpaired) electrons. The second kappa shape index (κ2) is 5.32. The molecule has 1 aliphatic rings. The van der Waals surface area contributed by atoms with Gasteiger partial charge in [0.05, 0.1) is 0 Å². The molecule has 0 heterocycles. The summed E-state index contributed by atoms with van der Waals surface area (Å²) in [5, 5.41) is 6.74. The third kappa shape index (κ3) is 3.83. The highest BCUT2D eigenvalue weighted by Crippen LogP contribution is 2.18. The Labute approximate surface area is 100 Å². The van der Waals surface area contributed by atoms with Crippen molar-refractivity contribution in [1.82, 2.24) is 5.32 Å². The number of halogens is 1. The summed E-state index contributed by atoms with van der Waals surface area (Å²) in [5.41, 5.74) is 0.754. The molecule has 1 saturated carbocycles. The maximum atomic E-state index is 11.5. The van der Waals surface area contributed by atoms with Crippen LogP contribution in [-0.4, -0.2) is 18.5 Å². The van der Waals surface area contributed by atoms with Crippen LogP contribution in [0.1, 0.15) is 19.3 Å². The minimum absolute atomic E-state index is 0.0235. The van der Waals surface area contributed by atoms with Gasteiger partial charge in [0.15, 0.2) is 0 Å². The Hall–Kier alpha value is -1.06. The average Bonchev–Trinajstić information content (AvgIpc) is 3.01. The van der Waals surface area contributed by atoms with E-state index in [2.05, 4.69) is 10.6 Å². The number of benzene rings is 1. The van der Waals surface area contributed by atoms with Crippen molar-refractivity contribution in [3.8, 4) is 0 Å². The van der Waals surface area contributed by atoms with E-state index in [0.29, 0.717) is 17.5 Å². The summed E-state index contributed by atoms with van der Waals surface area (Å²) in [4.78, 5) is 11.5. The molecule has 3 nitrogen and oxygen atoms in total. The molecule has 86 valence electrons. The Morgan fingerprint density at radius 1 is 1.44 bits per heavy atom. The Morgan fingerprint density at radius 3 is 2.94 bits per heavy atom. The van der Waals surface area contributed by atoms with Crippen LogP contribution in [0.5, 0.6) is 0 Å². The summed E-state index contributed by atoms with van der Waals surface area (Å²) in [6.07, 6.45) is 2.99. The van der Waals surface area contributed by atoms with E-state index < -0.39 is 0 Å². The second-order valence-electron chi connectivity index (χ2n) is 4.04. The molecule has 0 aliphatic heterocycles. The third-order valence-electron chi connectivity index (χ3n) is 2.47. The third-order valence-corrected chi connectivity index (χ3v) is 2.71. The lowest BCUT2D eigenvalue weighted by atomic mass is 10.3. The molecule has 1 amide bonds. The number of rotatable bonds is 5. The topological polar surface area (TPSA) is 41.1 Å². The molecule has 0 atom stereocenters. The number of carbonyl (C=O) groups excluding carboxylic acids is 1. The van der Waals surface area contributed by atoms with E-state index in [4.69, 9.17) is 11.6 Å². The highest BCUT2D eigenvalue weighted by atomic mass is 35.5. The number of anilines is 1. The molecule has 0 spiro atoms. The van der Waals surface area contributed by atoms with Gasteiger partial charge in [-0.05, 0) is 31.0 Å². The summed E-state index contributed by atoms with van der Waals surface area (Å²) in [6, 6.07) is 7.83. The van der Waals surface area contributed by atoms with Gasteiger partial charge in [-0.2, -0.15) is 0 Å². The molecule has 1 aromatic rings. The van der Waals surface area contributed by atoms with Crippen LogP contribution in [0.4, 0.5) is 5.69 Å². The first-order valence-corrected chi connectivity index (χ1v) is 5.90. The van der Waals surface area contributed by atoms with Gasteiger partial charge in [-0.3, -0.25) is 4.79 Å². The van der Waals surface area contributed by atoms with Crippen LogP contribution in [0.3, 0.4) is 0 Å². The van der Waals surface area contributed by atoms with E-state index >= 15 is 0 Å². The molecular weight excluding hydrogens is 224 g/mol. The number of hydrogen-bond acceptors (Lipinski definition) is 2. The fourth-order valence-electron chi connectivity index (χ4n) is 1.47. The molecule has 0 unspecified atom stereocenters. The van der Waals surface area contributed by atoms with Gasteiger partial charge in [0.25, 0.3) is 0 Å². The van der Waals surface area contributed by atoms with Gasteiger partial charge < -0.3 is 10.6 Å². The largest absolute Gasteiger partial charge is 0.326 e. The lowest BCUT2D eigenvalue weighted by Gasteiger charge is -2.05. The molecule has 0 saturated heterocycles. The first-order chi connectivity index (χ1) is 7.74. The monoisotopic (exact) mass is 238 g/mol. The minimum Gasteiger partial charge on any atom is -0.326 e. The molecule has 16 heavy (non-hydrogen) atoms. The lowest BCUT2D eigenvalue weighted by molar-refractivity contribution is -0.116. The number of amides is 1.